The molecule has 1 aromatic carbocycles. The fourth-order valence-electron chi connectivity index (χ4n) is 2.30. The molecule has 0 bridgehead atoms. The molecule has 1 aromatic heterocycles. The third-order valence-corrected chi connectivity index (χ3v) is 4.96. The Morgan fingerprint density at radius 1 is 1.17 bits per heavy atom. The Morgan fingerprint density at radius 3 is 2.39 bits per heavy atom. The van der Waals surface area contributed by atoms with Gasteiger partial charge in [-0.25, -0.2) is 13.1 Å². The molecule has 0 amide bonds. The maximum Gasteiger partial charge on any atom is 0.240 e. The fraction of sp³-hybridized carbons (Fsp3) is 0.438. The highest BCUT2D eigenvalue weighted by molar-refractivity contribution is 7.89. The van der Waals surface area contributed by atoms with Crippen LogP contribution in [0.4, 0.5) is 5.69 Å². The van der Waals surface area contributed by atoms with Crippen molar-refractivity contribution in [2.24, 2.45) is 5.92 Å². The summed E-state index contributed by atoms with van der Waals surface area (Å²) in [7, 11) is -1.99. The van der Waals surface area contributed by atoms with Crippen LogP contribution in [0.3, 0.4) is 0 Å². The molecule has 0 saturated carbocycles. The number of benzene rings is 1. The molecule has 0 aliphatic rings. The van der Waals surface area contributed by atoms with E-state index in [1.54, 1.807) is 18.3 Å². The van der Waals surface area contributed by atoms with Crippen LogP contribution in [0.2, 0.25) is 0 Å². The van der Waals surface area contributed by atoms with Gasteiger partial charge in [0.1, 0.15) is 0 Å². The first-order valence-corrected chi connectivity index (χ1v) is 9.12. The molecule has 6 nitrogen and oxygen atoms in total. The van der Waals surface area contributed by atoms with Gasteiger partial charge in [-0.3, -0.25) is 4.68 Å². The van der Waals surface area contributed by atoms with Crippen molar-refractivity contribution in [3.8, 4) is 0 Å². The molecule has 1 atom stereocenters. The minimum absolute atomic E-state index is 0.0537. The van der Waals surface area contributed by atoms with Gasteiger partial charge in [0.25, 0.3) is 0 Å². The number of nitrogens with one attached hydrogen (secondary N) is 2. The molecule has 0 aliphatic carbocycles. The molecule has 0 fully saturated rings. The van der Waals surface area contributed by atoms with E-state index < -0.39 is 10.0 Å². The van der Waals surface area contributed by atoms with E-state index in [1.165, 1.54) is 7.05 Å². The van der Waals surface area contributed by atoms with Gasteiger partial charge in [0.05, 0.1) is 16.8 Å². The number of aromatic nitrogens is 2. The summed E-state index contributed by atoms with van der Waals surface area (Å²) in [6.45, 7) is 7.21. The van der Waals surface area contributed by atoms with E-state index in [0.717, 1.165) is 17.8 Å². The van der Waals surface area contributed by atoms with E-state index in [1.807, 2.05) is 29.9 Å². The van der Waals surface area contributed by atoms with E-state index in [9.17, 15) is 8.42 Å². The van der Waals surface area contributed by atoms with Crippen molar-refractivity contribution in [1.82, 2.24) is 14.5 Å². The highest BCUT2D eigenvalue weighted by Gasteiger charge is 2.12. The lowest BCUT2D eigenvalue weighted by atomic mass is 10.1. The van der Waals surface area contributed by atoms with Crippen molar-refractivity contribution in [3.63, 3.8) is 0 Å². The summed E-state index contributed by atoms with van der Waals surface area (Å²) in [5.74, 6) is 0.543. The number of anilines is 1. The molecule has 2 N–H and O–H groups in total. The van der Waals surface area contributed by atoms with Crippen LogP contribution in [0.25, 0.3) is 0 Å². The monoisotopic (exact) mass is 336 g/mol. The molecule has 0 saturated heterocycles. The summed E-state index contributed by atoms with van der Waals surface area (Å²) in [6.07, 6.45) is 3.79. The maximum atomic E-state index is 11.7. The van der Waals surface area contributed by atoms with Gasteiger partial charge in [0, 0.05) is 18.8 Å². The molecular formula is C16H24N4O2S. The van der Waals surface area contributed by atoms with E-state index in [-0.39, 0.29) is 10.9 Å². The van der Waals surface area contributed by atoms with E-state index in [0.29, 0.717) is 5.92 Å². The van der Waals surface area contributed by atoms with E-state index in [2.05, 4.69) is 29.0 Å². The van der Waals surface area contributed by atoms with Crippen molar-refractivity contribution in [2.45, 2.75) is 38.3 Å². The second-order valence-electron chi connectivity index (χ2n) is 5.99. The second-order valence-corrected chi connectivity index (χ2v) is 7.87. The number of nitrogens with zero attached hydrogens (tertiary/aromatic N) is 2. The third-order valence-electron chi connectivity index (χ3n) is 3.53. The van der Waals surface area contributed by atoms with Crippen molar-refractivity contribution >= 4 is 15.7 Å². The maximum absolute atomic E-state index is 11.7. The van der Waals surface area contributed by atoms with Gasteiger partial charge in [-0.1, -0.05) is 26.0 Å². The van der Waals surface area contributed by atoms with Crippen molar-refractivity contribution in [1.29, 1.82) is 0 Å². The Labute approximate surface area is 138 Å². The Bertz CT molecular complexity index is 736. The zero-order valence-corrected chi connectivity index (χ0v) is 14.8. The number of hydrogen-bond donors (Lipinski definition) is 2. The standard InChI is InChI=1S/C16H24N4O2S/c1-12(2)10-20-11-15(9-18-20)19-13(3)14-5-7-16(8-6-14)23(21,22)17-4/h5-9,11-13,17,19H,10H2,1-4H3/t13-/m1/s1. The Balaban J connectivity index is 2.06. The van der Waals surface area contributed by atoms with Crippen LogP contribution in [0.15, 0.2) is 41.6 Å². The van der Waals surface area contributed by atoms with Crippen molar-refractivity contribution in [3.05, 3.63) is 42.2 Å². The normalized spacial score (nSPS) is 13.3. The average Bonchev–Trinajstić information content (AvgIpc) is 2.93. The topological polar surface area (TPSA) is 76.0 Å². The molecule has 23 heavy (non-hydrogen) atoms. The molecule has 2 rings (SSSR count). The second kappa shape index (κ2) is 7.14. The van der Waals surface area contributed by atoms with Crippen LogP contribution in [0.5, 0.6) is 0 Å². The third kappa shape index (κ3) is 4.56. The Morgan fingerprint density at radius 2 is 1.83 bits per heavy atom. The predicted octanol–water partition coefficient (Wildman–Crippen LogP) is 2.62. The molecular weight excluding hydrogens is 312 g/mol. The minimum Gasteiger partial charge on any atom is -0.376 e. The summed E-state index contributed by atoms with van der Waals surface area (Å²) in [5.41, 5.74) is 1.96. The van der Waals surface area contributed by atoms with Crippen LogP contribution < -0.4 is 10.0 Å². The lowest BCUT2D eigenvalue weighted by Gasteiger charge is -2.14. The average molecular weight is 336 g/mol. The number of sulfonamides is 1. The lowest BCUT2D eigenvalue weighted by molar-refractivity contribution is 0.483. The molecule has 7 heteroatoms. The van der Waals surface area contributed by atoms with E-state index in [4.69, 9.17) is 0 Å². The van der Waals surface area contributed by atoms with Gasteiger partial charge in [-0.2, -0.15) is 5.10 Å². The first kappa shape index (κ1) is 17.5. The van der Waals surface area contributed by atoms with Crippen molar-refractivity contribution in [2.75, 3.05) is 12.4 Å². The Kier molecular flexibility index (Phi) is 5.43. The highest BCUT2D eigenvalue weighted by Crippen LogP contribution is 2.20. The van der Waals surface area contributed by atoms with Crippen LogP contribution in [-0.4, -0.2) is 25.2 Å². The predicted molar refractivity (Wildman–Crippen MR) is 91.8 cm³/mol. The zero-order valence-electron chi connectivity index (χ0n) is 13.9. The molecule has 2 aromatic rings. The summed E-state index contributed by atoms with van der Waals surface area (Å²) in [4.78, 5) is 0.265. The molecule has 0 aliphatic heterocycles. The minimum atomic E-state index is -3.39. The van der Waals surface area contributed by atoms with E-state index >= 15 is 0 Å². The number of rotatable bonds is 7. The smallest absolute Gasteiger partial charge is 0.240 e. The summed E-state index contributed by atoms with van der Waals surface area (Å²) in [5, 5.41) is 7.70. The molecule has 0 radical (unpaired) electrons. The first-order chi connectivity index (χ1) is 10.8. The highest BCUT2D eigenvalue weighted by atomic mass is 32.2. The fourth-order valence-corrected chi connectivity index (χ4v) is 3.03. The molecule has 0 unspecified atom stereocenters. The largest absolute Gasteiger partial charge is 0.376 e. The van der Waals surface area contributed by atoms with Gasteiger partial charge in [0.15, 0.2) is 0 Å². The van der Waals surface area contributed by atoms with Gasteiger partial charge in [0.2, 0.25) is 10.0 Å². The SMILES string of the molecule is CNS(=O)(=O)c1ccc([C@@H](C)Nc2cnn(CC(C)C)c2)cc1. The summed E-state index contributed by atoms with van der Waals surface area (Å²) in [6, 6.07) is 6.92. The zero-order chi connectivity index (χ0) is 17.0. The number of hydrogen-bond acceptors (Lipinski definition) is 4. The van der Waals surface area contributed by atoms with Gasteiger partial charge in [-0.15, -0.1) is 0 Å². The van der Waals surface area contributed by atoms with Gasteiger partial charge >= 0.3 is 0 Å². The van der Waals surface area contributed by atoms with Crippen LogP contribution in [0.1, 0.15) is 32.4 Å². The van der Waals surface area contributed by atoms with Crippen LogP contribution >= 0.6 is 0 Å². The van der Waals surface area contributed by atoms with Gasteiger partial charge in [-0.05, 0) is 37.6 Å². The van der Waals surface area contributed by atoms with Crippen LogP contribution in [-0.2, 0) is 16.6 Å². The van der Waals surface area contributed by atoms with Crippen LogP contribution in [0, 0.1) is 5.92 Å². The summed E-state index contributed by atoms with van der Waals surface area (Å²) >= 11 is 0. The molecule has 126 valence electrons. The lowest BCUT2D eigenvalue weighted by Crippen LogP contribution is -2.18. The molecule has 0 spiro atoms. The quantitative estimate of drug-likeness (QED) is 0.815. The van der Waals surface area contributed by atoms with Gasteiger partial charge < -0.3 is 5.32 Å². The van der Waals surface area contributed by atoms with Crippen molar-refractivity contribution < 1.29 is 8.42 Å². The summed E-state index contributed by atoms with van der Waals surface area (Å²) < 4.78 is 27.7. The molecule has 1 heterocycles. The first-order valence-electron chi connectivity index (χ1n) is 7.64. The Hall–Kier alpha value is -1.86.